The molecule has 2 amide bonds. The number of nitrogens with one attached hydrogen (secondary N) is 2. The van der Waals surface area contributed by atoms with Crippen molar-refractivity contribution in [1.82, 2.24) is 10.6 Å². The normalized spacial score (nSPS) is 10.7. The third-order valence-electron chi connectivity index (χ3n) is 3.16. The first kappa shape index (κ1) is 19.5. The minimum Gasteiger partial charge on any atom is -0.493 e. The third kappa shape index (κ3) is 6.73. The lowest BCUT2D eigenvalue weighted by Gasteiger charge is -2.09. The van der Waals surface area contributed by atoms with Crippen molar-refractivity contribution in [3.05, 3.63) is 29.8 Å². The molecule has 0 aliphatic heterocycles. The molecular formula is C18H26N2O4. The summed E-state index contributed by atoms with van der Waals surface area (Å²) in [5, 5.41) is 5.45. The van der Waals surface area contributed by atoms with Gasteiger partial charge in [0.25, 0.3) is 0 Å². The Balaban J connectivity index is 2.49. The monoisotopic (exact) mass is 334 g/mol. The number of hydrogen-bond acceptors (Lipinski definition) is 4. The van der Waals surface area contributed by atoms with Crippen molar-refractivity contribution in [2.75, 3.05) is 26.8 Å². The lowest BCUT2D eigenvalue weighted by atomic mass is 10.2. The Hall–Kier alpha value is -2.50. The first-order valence-corrected chi connectivity index (χ1v) is 8.02. The van der Waals surface area contributed by atoms with Gasteiger partial charge in [-0.1, -0.05) is 19.9 Å². The second-order valence-corrected chi connectivity index (χ2v) is 5.41. The summed E-state index contributed by atoms with van der Waals surface area (Å²) >= 11 is 0. The Kier molecular flexibility index (Phi) is 8.39. The molecule has 0 radical (unpaired) electrons. The highest BCUT2D eigenvalue weighted by Crippen LogP contribution is 2.28. The van der Waals surface area contributed by atoms with E-state index in [2.05, 4.69) is 10.6 Å². The van der Waals surface area contributed by atoms with E-state index in [4.69, 9.17) is 9.47 Å². The molecule has 0 atom stereocenters. The van der Waals surface area contributed by atoms with Crippen LogP contribution in [0.25, 0.3) is 6.08 Å². The first-order chi connectivity index (χ1) is 11.5. The molecule has 0 fully saturated rings. The lowest BCUT2D eigenvalue weighted by Crippen LogP contribution is -2.35. The molecule has 0 aliphatic rings. The molecule has 0 saturated carbocycles. The molecule has 0 heterocycles. The molecule has 0 aromatic heterocycles. The zero-order valence-electron chi connectivity index (χ0n) is 14.7. The Morgan fingerprint density at radius 1 is 1.17 bits per heavy atom. The van der Waals surface area contributed by atoms with E-state index in [0.29, 0.717) is 31.2 Å². The van der Waals surface area contributed by atoms with Gasteiger partial charge < -0.3 is 20.1 Å². The van der Waals surface area contributed by atoms with Crippen LogP contribution in [0.3, 0.4) is 0 Å². The quantitative estimate of drug-likeness (QED) is 0.535. The van der Waals surface area contributed by atoms with Crippen molar-refractivity contribution >= 4 is 17.9 Å². The van der Waals surface area contributed by atoms with E-state index < -0.39 is 0 Å². The van der Waals surface area contributed by atoms with Gasteiger partial charge in [0.05, 0.1) is 13.7 Å². The van der Waals surface area contributed by atoms with Crippen LogP contribution in [0.4, 0.5) is 0 Å². The molecule has 0 spiro atoms. The molecule has 0 bridgehead atoms. The molecule has 24 heavy (non-hydrogen) atoms. The summed E-state index contributed by atoms with van der Waals surface area (Å²) in [6, 6.07) is 5.45. The topological polar surface area (TPSA) is 76.7 Å². The average Bonchev–Trinajstić information content (AvgIpc) is 2.57. The molecular weight excluding hydrogens is 308 g/mol. The maximum absolute atomic E-state index is 11.8. The molecule has 132 valence electrons. The largest absolute Gasteiger partial charge is 0.493 e. The number of carbonyl (C=O) groups is 2. The number of ether oxygens (including phenoxy) is 2. The number of methoxy groups -OCH3 is 1. The summed E-state index contributed by atoms with van der Waals surface area (Å²) in [5.41, 5.74) is 0.836. The number of rotatable bonds is 9. The Bertz CT molecular complexity index is 582. The molecule has 1 rings (SSSR count). The summed E-state index contributed by atoms with van der Waals surface area (Å²) in [5.74, 6) is 0.984. The van der Waals surface area contributed by atoms with Crippen LogP contribution in [0.5, 0.6) is 11.5 Å². The smallest absolute Gasteiger partial charge is 0.244 e. The van der Waals surface area contributed by atoms with E-state index in [1.54, 1.807) is 19.3 Å². The predicted octanol–water partition coefficient (Wildman–Crippen LogP) is 2.00. The first-order valence-electron chi connectivity index (χ1n) is 8.02. The predicted molar refractivity (Wildman–Crippen MR) is 94.1 cm³/mol. The fourth-order valence-electron chi connectivity index (χ4n) is 1.87. The van der Waals surface area contributed by atoms with Crippen LogP contribution >= 0.6 is 0 Å². The second kappa shape index (κ2) is 10.3. The van der Waals surface area contributed by atoms with Crippen molar-refractivity contribution in [2.24, 2.45) is 5.92 Å². The van der Waals surface area contributed by atoms with Crippen molar-refractivity contribution in [2.45, 2.75) is 20.8 Å². The van der Waals surface area contributed by atoms with Crippen molar-refractivity contribution in [3.8, 4) is 11.5 Å². The van der Waals surface area contributed by atoms with E-state index in [-0.39, 0.29) is 17.7 Å². The summed E-state index contributed by atoms with van der Waals surface area (Å²) in [4.78, 5) is 23.1. The zero-order valence-corrected chi connectivity index (χ0v) is 14.7. The maximum Gasteiger partial charge on any atom is 0.244 e. The molecule has 0 unspecified atom stereocenters. The highest BCUT2D eigenvalue weighted by molar-refractivity contribution is 5.91. The SMILES string of the molecule is CCOc1cc(/C=C/C(=O)NCCNC(=O)C(C)C)ccc1OC. The number of benzene rings is 1. The summed E-state index contributed by atoms with van der Waals surface area (Å²) in [6.07, 6.45) is 3.14. The molecule has 1 aromatic rings. The molecule has 0 aliphatic carbocycles. The van der Waals surface area contributed by atoms with Gasteiger partial charge in [0.1, 0.15) is 0 Å². The minimum absolute atomic E-state index is 0.0264. The van der Waals surface area contributed by atoms with Crippen molar-refractivity contribution < 1.29 is 19.1 Å². The number of hydrogen-bond donors (Lipinski definition) is 2. The van der Waals surface area contributed by atoms with Crippen LogP contribution in [0, 0.1) is 5.92 Å². The van der Waals surface area contributed by atoms with Crippen LogP contribution in [-0.4, -0.2) is 38.6 Å². The van der Waals surface area contributed by atoms with Gasteiger partial charge in [-0.25, -0.2) is 0 Å². The van der Waals surface area contributed by atoms with E-state index in [9.17, 15) is 9.59 Å². The van der Waals surface area contributed by atoms with E-state index in [1.165, 1.54) is 6.08 Å². The van der Waals surface area contributed by atoms with Gasteiger partial charge >= 0.3 is 0 Å². The van der Waals surface area contributed by atoms with Crippen LogP contribution in [0.1, 0.15) is 26.3 Å². The van der Waals surface area contributed by atoms with Gasteiger partial charge in [-0.3, -0.25) is 9.59 Å². The van der Waals surface area contributed by atoms with Gasteiger partial charge in [-0.2, -0.15) is 0 Å². The highest BCUT2D eigenvalue weighted by atomic mass is 16.5. The summed E-state index contributed by atoms with van der Waals surface area (Å²) < 4.78 is 10.7. The van der Waals surface area contributed by atoms with E-state index in [1.807, 2.05) is 32.9 Å². The highest BCUT2D eigenvalue weighted by Gasteiger charge is 2.06. The van der Waals surface area contributed by atoms with E-state index in [0.717, 1.165) is 5.56 Å². The Morgan fingerprint density at radius 3 is 2.50 bits per heavy atom. The van der Waals surface area contributed by atoms with Gasteiger partial charge in [0.2, 0.25) is 11.8 Å². The summed E-state index contributed by atoms with van der Waals surface area (Å²) in [6.45, 7) is 6.87. The van der Waals surface area contributed by atoms with Crippen LogP contribution < -0.4 is 20.1 Å². The molecule has 0 saturated heterocycles. The average molecular weight is 334 g/mol. The van der Waals surface area contributed by atoms with Gasteiger partial charge in [-0.15, -0.1) is 0 Å². The summed E-state index contributed by atoms with van der Waals surface area (Å²) in [7, 11) is 1.58. The maximum atomic E-state index is 11.8. The second-order valence-electron chi connectivity index (χ2n) is 5.41. The van der Waals surface area contributed by atoms with Crippen LogP contribution in [0.2, 0.25) is 0 Å². The van der Waals surface area contributed by atoms with Crippen LogP contribution in [0.15, 0.2) is 24.3 Å². The fraction of sp³-hybridized carbons (Fsp3) is 0.444. The third-order valence-corrected chi connectivity index (χ3v) is 3.16. The van der Waals surface area contributed by atoms with Crippen LogP contribution in [-0.2, 0) is 9.59 Å². The van der Waals surface area contributed by atoms with Crippen molar-refractivity contribution in [1.29, 1.82) is 0 Å². The molecule has 6 heteroatoms. The minimum atomic E-state index is -0.220. The molecule has 1 aromatic carbocycles. The van der Waals surface area contributed by atoms with Gasteiger partial charge in [0, 0.05) is 25.1 Å². The lowest BCUT2D eigenvalue weighted by molar-refractivity contribution is -0.124. The standard InChI is InChI=1S/C18H26N2O4/c1-5-24-16-12-14(6-8-15(16)23-4)7-9-17(21)19-10-11-20-18(22)13(2)3/h6-9,12-13H,5,10-11H2,1-4H3,(H,19,21)(H,20,22)/b9-7+. The van der Waals surface area contributed by atoms with Crippen molar-refractivity contribution in [3.63, 3.8) is 0 Å². The number of carbonyl (C=O) groups excluding carboxylic acids is 2. The zero-order chi connectivity index (χ0) is 17.9. The molecule has 6 nitrogen and oxygen atoms in total. The van der Waals surface area contributed by atoms with Gasteiger partial charge in [0.15, 0.2) is 11.5 Å². The van der Waals surface area contributed by atoms with E-state index >= 15 is 0 Å². The molecule has 2 N–H and O–H groups in total. The number of amides is 2. The Labute approximate surface area is 143 Å². The fourth-order valence-corrected chi connectivity index (χ4v) is 1.87. The Morgan fingerprint density at radius 2 is 1.88 bits per heavy atom. The van der Waals surface area contributed by atoms with Gasteiger partial charge in [-0.05, 0) is 30.7 Å².